The van der Waals surface area contributed by atoms with Gasteiger partial charge in [-0.05, 0) is 51.0 Å². The molecule has 0 aliphatic heterocycles. The Balaban J connectivity index is 1.81. The molecule has 1 aromatic carbocycles. The lowest BCUT2D eigenvalue weighted by Crippen LogP contribution is -2.13. The van der Waals surface area contributed by atoms with E-state index in [1.54, 1.807) is 11.8 Å². The predicted molar refractivity (Wildman–Crippen MR) is 87.9 cm³/mol. The number of nitrogens with zero attached hydrogens (tertiary/aromatic N) is 1. The molecule has 1 amide bonds. The van der Waals surface area contributed by atoms with Crippen molar-refractivity contribution in [2.45, 2.75) is 39.0 Å². The number of carbonyl (C=O) groups excluding carboxylic acids is 1. The molecule has 0 spiro atoms. The van der Waals surface area contributed by atoms with Gasteiger partial charge < -0.3 is 5.32 Å². The number of hydrogen-bond acceptors (Lipinski definition) is 3. The van der Waals surface area contributed by atoms with Crippen LogP contribution < -0.4 is 5.32 Å². The van der Waals surface area contributed by atoms with E-state index in [2.05, 4.69) is 47.6 Å². The normalized spacial score (nSPS) is 10.7. The summed E-state index contributed by atoms with van der Waals surface area (Å²) in [6, 6.07) is 6.39. The average Bonchev–Trinajstić information content (AvgIpc) is 2.75. The van der Waals surface area contributed by atoms with E-state index in [0.717, 1.165) is 17.0 Å². The molecule has 1 heterocycles. The van der Waals surface area contributed by atoms with Crippen molar-refractivity contribution in [1.82, 2.24) is 10.2 Å². The van der Waals surface area contributed by atoms with Crippen molar-refractivity contribution in [2.24, 2.45) is 0 Å². The Hall–Kier alpha value is -1.75. The molecule has 0 saturated carbocycles. The van der Waals surface area contributed by atoms with E-state index in [4.69, 9.17) is 0 Å². The number of aromatic amines is 1. The summed E-state index contributed by atoms with van der Waals surface area (Å²) in [5.41, 5.74) is 4.55. The number of aromatic nitrogens is 2. The Bertz CT molecular complexity index is 649. The molecule has 21 heavy (non-hydrogen) atoms. The third kappa shape index (κ3) is 4.11. The number of thioether (sulfide) groups is 1. The van der Waals surface area contributed by atoms with Crippen molar-refractivity contribution in [2.75, 3.05) is 11.1 Å². The van der Waals surface area contributed by atoms with Gasteiger partial charge in [0.15, 0.2) is 5.82 Å². The minimum Gasteiger partial charge on any atom is -0.309 e. The summed E-state index contributed by atoms with van der Waals surface area (Å²) in [5, 5.41) is 9.79. The molecule has 1 aromatic heterocycles. The van der Waals surface area contributed by atoms with Crippen LogP contribution in [-0.2, 0) is 4.79 Å². The smallest absolute Gasteiger partial charge is 0.226 e. The summed E-state index contributed by atoms with van der Waals surface area (Å²) < 4.78 is 0. The lowest BCUT2D eigenvalue weighted by Gasteiger charge is -2.06. The summed E-state index contributed by atoms with van der Waals surface area (Å²) in [6.07, 6.45) is 0.475. The summed E-state index contributed by atoms with van der Waals surface area (Å²) in [4.78, 5) is 13.1. The Morgan fingerprint density at radius 3 is 2.62 bits per heavy atom. The zero-order valence-corrected chi connectivity index (χ0v) is 13.7. The van der Waals surface area contributed by atoms with Gasteiger partial charge in [0.1, 0.15) is 0 Å². The second-order valence-corrected chi connectivity index (χ2v) is 6.38. The quantitative estimate of drug-likeness (QED) is 0.827. The van der Waals surface area contributed by atoms with E-state index < -0.39 is 0 Å². The van der Waals surface area contributed by atoms with Crippen LogP contribution in [0.4, 0.5) is 5.82 Å². The van der Waals surface area contributed by atoms with Gasteiger partial charge in [0.2, 0.25) is 5.91 Å². The fourth-order valence-electron chi connectivity index (χ4n) is 1.87. The van der Waals surface area contributed by atoms with Crippen molar-refractivity contribution in [3.05, 3.63) is 40.6 Å². The van der Waals surface area contributed by atoms with E-state index in [0.29, 0.717) is 12.2 Å². The van der Waals surface area contributed by atoms with E-state index in [1.807, 2.05) is 13.8 Å². The van der Waals surface area contributed by atoms with Crippen molar-refractivity contribution in [1.29, 1.82) is 0 Å². The minimum absolute atomic E-state index is 0.000864. The number of benzene rings is 1. The van der Waals surface area contributed by atoms with Gasteiger partial charge in [-0.1, -0.05) is 6.07 Å². The van der Waals surface area contributed by atoms with Crippen LogP contribution in [0.25, 0.3) is 0 Å². The van der Waals surface area contributed by atoms with Gasteiger partial charge in [-0.2, -0.15) is 5.10 Å². The number of rotatable bonds is 5. The van der Waals surface area contributed by atoms with Crippen LogP contribution in [0.3, 0.4) is 0 Å². The average molecular weight is 303 g/mol. The van der Waals surface area contributed by atoms with Crippen LogP contribution in [0, 0.1) is 27.7 Å². The molecule has 0 radical (unpaired) electrons. The summed E-state index contributed by atoms with van der Waals surface area (Å²) in [6.45, 7) is 8.09. The Morgan fingerprint density at radius 2 is 2.00 bits per heavy atom. The predicted octanol–water partition coefficient (Wildman–Crippen LogP) is 3.76. The van der Waals surface area contributed by atoms with Gasteiger partial charge in [0.25, 0.3) is 0 Å². The monoisotopic (exact) mass is 303 g/mol. The highest BCUT2D eigenvalue weighted by Crippen LogP contribution is 2.22. The third-order valence-corrected chi connectivity index (χ3v) is 4.58. The Morgan fingerprint density at radius 1 is 1.24 bits per heavy atom. The maximum Gasteiger partial charge on any atom is 0.226 e. The first-order valence-electron chi connectivity index (χ1n) is 6.99. The topological polar surface area (TPSA) is 57.8 Å². The first-order valence-corrected chi connectivity index (χ1v) is 7.97. The molecule has 2 aromatic rings. The number of anilines is 1. The largest absolute Gasteiger partial charge is 0.309 e. The molecule has 4 nitrogen and oxygen atoms in total. The fraction of sp³-hybridized carbons (Fsp3) is 0.375. The number of hydrogen-bond donors (Lipinski definition) is 2. The molecule has 0 saturated heterocycles. The van der Waals surface area contributed by atoms with Gasteiger partial charge in [-0.3, -0.25) is 9.89 Å². The van der Waals surface area contributed by atoms with Gasteiger partial charge in [-0.15, -0.1) is 11.8 Å². The van der Waals surface area contributed by atoms with Gasteiger partial charge >= 0.3 is 0 Å². The fourth-order valence-corrected chi connectivity index (χ4v) is 2.81. The molecule has 2 N–H and O–H groups in total. The van der Waals surface area contributed by atoms with Crippen molar-refractivity contribution in [3.8, 4) is 0 Å². The van der Waals surface area contributed by atoms with Gasteiger partial charge in [0, 0.05) is 28.3 Å². The lowest BCUT2D eigenvalue weighted by atomic mass is 10.1. The second kappa shape index (κ2) is 6.80. The minimum atomic E-state index is 0.000864. The molecule has 0 fully saturated rings. The van der Waals surface area contributed by atoms with Crippen molar-refractivity contribution in [3.63, 3.8) is 0 Å². The van der Waals surface area contributed by atoms with Crippen molar-refractivity contribution >= 4 is 23.5 Å². The maximum absolute atomic E-state index is 11.9. The first-order chi connectivity index (χ1) is 9.97. The van der Waals surface area contributed by atoms with E-state index >= 15 is 0 Å². The lowest BCUT2D eigenvalue weighted by molar-refractivity contribution is -0.115. The maximum atomic E-state index is 11.9. The number of H-pyrrole nitrogens is 1. The summed E-state index contributed by atoms with van der Waals surface area (Å²) >= 11 is 1.70. The van der Waals surface area contributed by atoms with Crippen LogP contribution in [0.15, 0.2) is 23.1 Å². The van der Waals surface area contributed by atoms with Crippen LogP contribution in [0.5, 0.6) is 0 Å². The van der Waals surface area contributed by atoms with Crippen LogP contribution in [-0.4, -0.2) is 21.9 Å². The zero-order chi connectivity index (χ0) is 15.4. The molecule has 0 unspecified atom stereocenters. The van der Waals surface area contributed by atoms with Crippen LogP contribution in [0.2, 0.25) is 0 Å². The Kier molecular flexibility index (Phi) is 5.07. The van der Waals surface area contributed by atoms with E-state index in [-0.39, 0.29) is 5.91 Å². The highest BCUT2D eigenvalue weighted by atomic mass is 32.2. The molecular weight excluding hydrogens is 282 g/mol. The first kappa shape index (κ1) is 15.6. The molecule has 0 atom stereocenters. The van der Waals surface area contributed by atoms with Gasteiger partial charge in [0.05, 0.1) is 0 Å². The van der Waals surface area contributed by atoms with Crippen molar-refractivity contribution < 1.29 is 4.79 Å². The van der Waals surface area contributed by atoms with Crippen LogP contribution in [0.1, 0.15) is 28.8 Å². The Labute approximate surface area is 129 Å². The molecule has 0 bridgehead atoms. The molecule has 2 rings (SSSR count). The highest BCUT2D eigenvalue weighted by molar-refractivity contribution is 7.99. The van der Waals surface area contributed by atoms with E-state index in [9.17, 15) is 4.79 Å². The number of nitrogens with one attached hydrogen (secondary N) is 2. The third-order valence-electron chi connectivity index (χ3n) is 3.59. The zero-order valence-electron chi connectivity index (χ0n) is 12.9. The highest BCUT2D eigenvalue weighted by Gasteiger charge is 2.09. The molecule has 0 aliphatic rings. The van der Waals surface area contributed by atoms with Crippen LogP contribution >= 0.6 is 11.8 Å². The molecule has 5 heteroatoms. The SMILES string of the molecule is Cc1ccc(SCCC(=O)Nc2n[nH]c(C)c2C)cc1C. The summed E-state index contributed by atoms with van der Waals surface area (Å²) in [5.74, 6) is 1.39. The van der Waals surface area contributed by atoms with Gasteiger partial charge in [-0.25, -0.2) is 0 Å². The summed E-state index contributed by atoms with van der Waals surface area (Å²) in [7, 11) is 0. The number of carbonyl (C=O) groups is 1. The molecular formula is C16H21N3OS. The molecule has 112 valence electrons. The van der Waals surface area contributed by atoms with E-state index in [1.165, 1.54) is 16.0 Å². The second-order valence-electron chi connectivity index (χ2n) is 5.21. The number of aryl methyl sites for hydroxylation is 3. The standard InChI is InChI=1S/C16H21N3OS/c1-10-5-6-14(9-11(10)2)21-8-7-15(20)17-16-12(3)13(4)18-19-16/h5-6,9H,7-8H2,1-4H3,(H2,17,18,19,20). The molecule has 0 aliphatic carbocycles. The number of amides is 1.